The molecular formula is C31H64. The molecule has 4 unspecified atom stereocenters. The molecule has 0 spiro atoms. The van der Waals surface area contributed by atoms with Crippen molar-refractivity contribution < 1.29 is 0 Å². The van der Waals surface area contributed by atoms with Gasteiger partial charge in [-0.25, -0.2) is 0 Å². The summed E-state index contributed by atoms with van der Waals surface area (Å²) >= 11 is 0. The van der Waals surface area contributed by atoms with Crippen molar-refractivity contribution in [3.63, 3.8) is 0 Å². The predicted molar refractivity (Wildman–Crippen MR) is 145 cm³/mol. The maximum Gasteiger partial charge on any atom is -0.0363 e. The average Bonchev–Trinajstić information content (AvgIpc) is 2.74. The number of unbranched alkanes of at least 4 members (excludes halogenated alkanes) is 11. The summed E-state index contributed by atoms with van der Waals surface area (Å²) in [4.78, 5) is 0. The van der Waals surface area contributed by atoms with Crippen LogP contribution in [0.15, 0.2) is 0 Å². The summed E-state index contributed by atoms with van der Waals surface area (Å²) in [5.41, 5.74) is 0. The molecule has 0 radical (unpaired) electrons. The van der Waals surface area contributed by atoms with Crippen molar-refractivity contribution in [3.05, 3.63) is 0 Å². The van der Waals surface area contributed by atoms with Crippen LogP contribution < -0.4 is 0 Å². The zero-order valence-electron chi connectivity index (χ0n) is 23.3. The van der Waals surface area contributed by atoms with Crippen LogP contribution in [0.5, 0.6) is 0 Å². The summed E-state index contributed by atoms with van der Waals surface area (Å²) in [7, 11) is 0. The van der Waals surface area contributed by atoms with Crippen LogP contribution in [0.3, 0.4) is 0 Å². The Morgan fingerprint density at radius 1 is 0.419 bits per heavy atom. The Hall–Kier alpha value is 0. The van der Waals surface area contributed by atoms with Crippen molar-refractivity contribution in [3.8, 4) is 0 Å². The molecule has 0 N–H and O–H groups in total. The van der Waals surface area contributed by atoms with E-state index in [0.717, 1.165) is 29.6 Å². The Morgan fingerprint density at radius 3 is 1.42 bits per heavy atom. The highest BCUT2D eigenvalue weighted by atomic mass is 14.3. The van der Waals surface area contributed by atoms with Gasteiger partial charge in [0.1, 0.15) is 0 Å². The van der Waals surface area contributed by atoms with Crippen LogP contribution in [0.25, 0.3) is 0 Å². The molecule has 0 aromatic carbocycles. The summed E-state index contributed by atoms with van der Waals surface area (Å²) in [5, 5.41) is 0. The van der Waals surface area contributed by atoms with E-state index in [1.165, 1.54) is 122 Å². The molecule has 0 rings (SSSR count). The van der Waals surface area contributed by atoms with E-state index in [4.69, 9.17) is 0 Å². The fourth-order valence-electron chi connectivity index (χ4n) is 5.45. The van der Waals surface area contributed by atoms with Crippen LogP contribution >= 0.6 is 0 Å². The minimum absolute atomic E-state index is 0.871. The van der Waals surface area contributed by atoms with Crippen LogP contribution in [0.1, 0.15) is 170 Å². The van der Waals surface area contributed by atoms with Gasteiger partial charge in [-0.05, 0) is 36.0 Å². The molecule has 0 amide bonds. The second-order valence-electron chi connectivity index (χ2n) is 11.7. The Labute approximate surface area is 200 Å². The van der Waals surface area contributed by atoms with Crippen LogP contribution in [0.4, 0.5) is 0 Å². The van der Waals surface area contributed by atoms with Crippen molar-refractivity contribution in [1.82, 2.24) is 0 Å². The highest BCUT2D eigenvalue weighted by molar-refractivity contribution is 4.73. The lowest BCUT2D eigenvalue weighted by Crippen LogP contribution is -2.20. The molecule has 31 heavy (non-hydrogen) atoms. The van der Waals surface area contributed by atoms with Gasteiger partial charge in [-0.1, -0.05) is 164 Å². The van der Waals surface area contributed by atoms with Gasteiger partial charge in [0.15, 0.2) is 0 Å². The molecule has 0 aromatic rings. The van der Waals surface area contributed by atoms with E-state index in [2.05, 4.69) is 48.5 Å². The van der Waals surface area contributed by atoms with Gasteiger partial charge in [-0.3, -0.25) is 0 Å². The first-order valence-electron chi connectivity index (χ1n) is 14.9. The lowest BCUT2D eigenvalue weighted by molar-refractivity contribution is 0.203. The molecule has 0 saturated carbocycles. The molecule has 0 aliphatic carbocycles. The van der Waals surface area contributed by atoms with E-state index in [-0.39, 0.29) is 0 Å². The maximum atomic E-state index is 2.57. The Balaban J connectivity index is 3.88. The van der Waals surface area contributed by atoms with Crippen molar-refractivity contribution >= 4 is 0 Å². The highest BCUT2D eigenvalue weighted by Gasteiger charge is 2.22. The van der Waals surface area contributed by atoms with E-state index >= 15 is 0 Å². The Bertz CT molecular complexity index is 344. The van der Waals surface area contributed by atoms with Gasteiger partial charge in [-0.15, -0.1) is 0 Å². The van der Waals surface area contributed by atoms with E-state index in [9.17, 15) is 0 Å². The fourth-order valence-corrected chi connectivity index (χ4v) is 5.45. The van der Waals surface area contributed by atoms with Gasteiger partial charge in [0.05, 0.1) is 0 Å². The number of rotatable bonds is 23. The number of hydrogen-bond donors (Lipinski definition) is 0. The van der Waals surface area contributed by atoms with Crippen LogP contribution in [0, 0.1) is 29.6 Å². The van der Waals surface area contributed by atoms with E-state index in [1.807, 2.05) is 0 Å². The summed E-state index contributed by atoms with van der Waals surface area (Å²) in [6.07, 6.45) is 27.6. The van der Waals surface area contributed by atoms with Gasteiger partial charge in [0.2, 0.25) is 0 Å². The second kappa shape index (κ2) is 21.8. The predicted octanol–water partition coefficient (Wildman–Crippen LogP) is 11.6. The molecule has 188 valence electrons. The first kappa shape index (κ1) is 31.0. The van der Waals surface area contributed by atoms with Crippen molar-refractivity contribution in [1.29, 1.82) is 0 Å². The molecule has 0 heterocycles. The molecule has 0 bridgehead atoms. The first-order valence-corrected chi connectivity index (χ1v) is 14.9. The minimum atomic E-state index is 0.871. The van der Waals surface area contributed by atoms with Gasteiger partial charge in [-0.2, -0.15) is 0 Å². The largest absolute Gasteiger partial charge is 0.0654 e. The lowest BCUT2D eigenvalue weighted by Gasteiger charge is -2.30. The summed E-state index contributed by atoms with van der Waals surface area (Å²) in [6, 6.07) is 0. The second-order valence-corrected chi connectivity index (χ2v) is 11.7. The average molecular weight is 437 g/mol. The molecule has 0 aliphatic rings. The third kappa shape index (κ3) is 19.2. The Kier molecular flexibility index (Phi) is 21.8. The van der Waals surface area contributed by atoms with Crippen LogP contribution in [0.2, 0.25) is 0 Å². The third-order valence-corrected chi connectivity index (χ3v) is 8.09. The molecule has 0 fully saturated rings. The molecule has 0 nitrogen and oxygen atoms in total. The maximum absolute atomic E-state index is 2.57. The van der Waals surface area contributed by atoms with Crippen LogP contribution in [-0.4, -0.2) is 0 Å². The third-order valence-electron chi connectivity index (χ3n) is 8.09. The molecule has 0 aliphatic heterocycles. The summed E-state index contributed by atoms with van der Waals surface area (Å²) in [6.45, 7) is 17.0. The minimum Gasteiger partial charge on any atom is -0.0654 e. The Morgan fingerprint density at radius 2 is 0.935 bits per heavy atom. The summed E-state index contributed by atoms with van der Waals surface area (Å²) < 4.78 is 0. The van der Waals surface area contributed by atoms with Crippen LogP contribution in [-0.2, 0) is 0 Å². The summed E-state index contributed by atoms with van der Waals surface area (Å²) in [5.74, 6) is 4.56. The first-order chi connectivity index (χ1) is 14.9. The van der Waals surface area contributed by atoms with Gasteiger partial charge in [0, 0.05) is 0 Å². The standard InChI is InChI=1S/C31H64/c1-8-10-11-12-13-14-15-16-17-18-19-20-24-30(7)31(29(6)9-2)26-25-28(5)23-21-22-27(3)4/h27-31H,8-26H2,1-7H3. The molecule has 4 atom stereocenters. The number of hydrogen-bond acceptors (Lipinski definition) is 0. The quantitative estimate of drug-likeness (QED) is 0.140. The molecular weight excluding hydrogens is 372 g/mol. The van der Waals surface area contributed by atoms with Crippen molar-refractivity contribution in [2.45, 2.75) is 170 Å². The molecule has 0 saturated heterocycles. The van der Waals surface area contributed by atoms with Crippen molar-refractivity contribution in [2.24, 2.45) is 29.6 Å². The zero-order chi connectivity index (χ0) is 23.3. The van der Waals surface area contributed by atoms with E-state index < -0.39 is 0 Å². The fraction of sp³-hybridized carbons (Fsp3) is 1.00. The monoisotopic (exact) mass is 437 g/mol. The van der Waals surface area contributed by atoms with Crippen molar-refractivity contribution in [2.75, 3.05) is 0 Å². The normalized spacial score (nSPS) is 15.9. The highest BCUT2D eigenvalue weighted by Crippen LogP contribution is 2.33. The topological polar surface area (TPSA) is 0 Å². The lowest BCUT2D eigenvalue weighted by atomic mass is 9.75. The van der Waals surface area contributed by atoms with Gasteiger partial charge < -0.3 is 0 Å². The molecule has 0 heteroatoms. The van der Waals surface area contributed by atoms with E-state index in [1.54, 1.807) is 0 Å². The SMILES string of the molecule is CCCCCCCCCCCCCCC(C)C(CCC(C)CCCC(C)C)C(C)CC. The zero-order valence-corrected chi connectivity index (χ0v) is 23.3. The van der Waals surface area contributed by atoms with Gasteiger partial charge in [0.25, 0.3) is 0 Å². The van der Waals surface area contributed by atoms with E-state index in [0.29, 0.717) is 0 Å². The molecule has 0 aromatic heterocycles. The smallest absolute Gasteiger partial charge is 0.0363 e. The van der Waals surface area contributed by atoms with Gasteiger partial charge >= 0.3 is 0 Å².